The van der Waals surface area contributed by atoms with Gasteiger partial charge in [0, 0.05) is 18.1 Å². The number of carbonyl (C=O) groups excluding carboxylic acids is 2. The minimum atomic E-state index is -0.451. The summed E-state index contributed by atoms with van der Waals surface area (Å²) in [6.07, 6.45) is 0. The Morgan fingerprint density at radius 1 is 0.897 bits per heavy atom. The smallest absolute Gasteiger partial charge is 0.245 e. The van der Waals surface area contributed by atoms with Crippen LogP contribution in [0, 0.1) is 5.92 Å². The molecule has 1 aliphatic heterocycles. The first-order valence-electron chi connectivity index (χ1n) is 10.5. The van der Waals surface area contributed by atoms with Crippen LogP contribution in [0.4, 0.5) is 0 Å². The Kier molecular flexibility index (Phi) is 7.04. The van der Waals surface area contributed by atoms with Crippen LogP contribution in [0.5, 0.6) is 0 Å². The van der Waals surface area contributed by atoms with Gasteiger partial charge < -0.3 is 15.1 Å². The van der Waals surface area contributed by atoms with E-state index in [1.807, 2.05) is 30.9 Å². The molecule has 1 fully saturated rings. The summed E-state index contributed by atoms with van der Waals surface area (Å²) < 4.78 is 0. The molecular formula is C24H32N3O2+. The molecule has 1 atom stereocenters. The van der Waals surface area contributed by atoms with E-state index in [0.717, 1.165) is 13.1 Å². The maximum Gasteiger partial charge on any atom is 0.245 e. The van der Waals surface area contributed by atoms with Crippen molar-refractivity contribution in [1.82, 2.24) is 10.2 Å². The highest BCUT2D eigenvalue weighted by Gasteiger charge is 2.34. The summed E-state index contributed by atoms with van der Waals surface area (Å²) in [7, 11) is 0. The van der Waals surface area contributed by atoms with E-state index in [1.165, 1.54) is 23.0 Å². The average molecular weight is 395 g/mol. The van der Waals surface area contributed by atoms with Crippen LogP contribution in [0.15, 0.2) is 60.7 Å². The highest BCUT2D eigenvalue weighted by Crippen LogP contribution is 2.19. The first kappa shape index (κ1) is 21.1. The molecule has 0 bridgehead atoms. The van der Waals surface area contributed by atoms with Gasteiger partial charge in [0.1, 0.15) is 12.1 Å². The van der Waals surface area contributed by atoms with E-state index in [4.69, 9.17) is 0 Å². The van der Waals surface area contributed by atoms with E-state index < -0.39 is 6.04 Å². The van der Waals surface area contributed by atoms with Crippen molar-refractivity contribution in [3.63, 3.8) is 0 Å². The highest BCUT2D eigenvalue weighted by molar-refractivity contribution is 5.87. The van der Waals surface area contributed by atoms with E-state index >= 15 is 0 Å². The zero-order valence-electron chi connectivity index (χ0n) is 17.6. The fourth-order valence-corrected chi connectivity index (χ4v) is 4.19. The van der Waals surface area contributed by atoms with Crippen LogP contribution in [-0.2, 0) is 9.59 Å². The molecule has 0 aromatic heterocycles. The van der Waals surface area contributed by atoms with Gasteiger partial charge >= 0.3 is 0 Å². The molecule has 0 unspecified atom stereocenters. The van der Waals surface area contributed by atoms with Crippen molar-refractivity contribution in [3.8, 4) is 0 Å². The van der Waals surface area contributed by atoms with Gasteiger partial charge in [0.15, 0.2) is 0 Å². The molecule has 0 spiro atoms. The van der Waals surface area contributed by atoms with Crippen LogP contribution >= 0.6 is 0 Å². The Hall–Kier alpha value is -2.66. The molecule has 1 saturated heterocycles. The number of piperazine rings is 1. The molecule has 2 N–H and O–H groups in total. The van der Waals surface area contributed by atoms with Crippen LogP contribution in [0.25, 0.3) is 0 Å². The predicted molar refractivity (Wildman–Crippen MR) is 114 cm³/mol. The second kappa shape index (κ2) is 9.70. The van der Waals surface area contributed by atoms with E-state index in [1.54, 1.807) is 0 Å². The Bertz CT molecular complexity index is 760. The van der Waals surface area contributed by atoms with Gasteiger partial charge in [0.2, 0.25) is 11.8 Å². The SMILES string of the molecule is CC(=O)N[C@@H](C(=O)N1CC[NH+](C(c2ccccc2)c2ccccc2)CC1)C(C)C. The maximum atomic E-state index is 13.0. The van der Waals surface area contributed by atoms with Crippen LogP contribution in [0.1, 0.15) is 37.9 Å². The summed E-state index contributed by atoms with van der Waals surface area (Å²) in [4.78, 5) is 27.9. The van der Waals surface area contributed by atoms with Crippen molar-refractivity contribution in [3.05, 3.63) is 71.8 Å². The van der Waals surface area contributed by atoms with Crippen molar-refractivity contribution >= 4 is 11.8 Å². The quantitative estimate of drug-likeness (QED) is 0.783. The average Bonchev–Trinajstić information content (AvgIpc) is 2.73. The van der Waals surface area contributed by atoms with Crippen LogP contribution in [0.3, 0.4) is 0 Å². The van der Waals surface area contributed by atoms with Crippen molar-refractivity contribution in [1.29, 1.82) is 0 Å². The number of nitrogens with one attached hydrogen (secondary N) is 2. The van der Waals surface area contributed by atoms with E-state index in [0.29, 0.717) is 13.1 Å². The zero-order valence-corrected chi connectivity index (χ0v) is 17.6. The van der Waals surface area contributed by atoms with Crippen molar-refractivity contribution in [2.45, 2.75) is 32.9 Å². The lowest BCUT2D eigenvalue weighted by Crippen LogP contribution is -3.15. The number of carbonyl (C=O) groups is 2. The fraction of sp³-hybridized carbons (Fsp3) is 0.417. The Balaban J connectivity index is 1.73. The van der Waals surface area contributed by atoms with Gasteiger partial charge in [-0.1, -0.05) is 74.5 Å². The van der Waals surface area contributed by atoms with Gasteiger partial charge in [-0.3, -0.25) is 9.59 Å². The van der Waals surface area contributed by atoms with E-state index in [-0.39, 0.29) is 23.8 Å². The Morgan fingerprint density at radius 3 is 1.79 bits per heavy atom. The third kappa shape index (κ3) is 5.24. The molecule has 0 aliphatic carbocycles. The minimum Gasteiger partial charge on any atom is -0.344 e. The number of benzene rings is 2. The molecule has 2 aromatic rings. The maximum absolute atomic E-state index is 13.0. The lowest BCUT2D eigenvalue weighted by molar-refractivity contribution is -0.929. The summed E-state index contributed by atoms with van der Waals surface area (Å²) in [6, 6.07) is 21.0. The summed E-state index contributed by atoms with van der Waals surface area (Å²) in [5, 5.41) is 2.83. The lowest BCUT2D eigenvalue weighted by atomic mass is 9.96. The number of nitrogens with zero attached hydrogens (tertiary/aromatic N) is 1. The van der Waals surface area contributed by atoms with Crippen molar-refractivity contribution < 1.29 is 14.5 Å². The molecule has 3 rings (SSSR count). The summed E-state index contributed by atoms with van der Waals surface area (Å²) >= 11 is 0. The van der Waals surface area contributed by atoms with Crippen LogP contribution in [0.2, 0.25) is 0 Å². The van der Waals surface area contributed by atoms with Gasteiger partial charge in [-0.2, -0.15) is 0 Å². The normalized spacial score (nSPS) is 16.1. The molecule has 1 heterocycles. The van der Waals surface area contributed by atoms with Gasteiger partial charge in [-0.05, 0) is 5.92 Å². The minimum absolute atomic E-state index is 0.0326. The molecule has 0 saturated carbocycles. The first-order chi connectivity index (χ1) is 14.0. The summed E-state index contributed by atoms with van der Waals surface area (Å²) in [5.41, 5.74) is 2.60. The summed E-state index contributed by atoms with van der Waals surface area (Å²) in [6.45, 7) is 8.58. The fourth-order valence-electron chi connectivity index (χ4n) is 4.19. The van der Waals surface area contributed by atoms with Gasteiger partial charge in [0.25, 0.3) is 0 Å². The molecule has 154 valence electrons. The van der Waals surface area contributed by atoms with E-state index in [2.05, 4.69) is 53.8 Å². The molecule has 2 aromatic carbocycles. The Labute approximate surface area is 173 Å². The molecule has 29 heavy (non-hydrogen) atoms. The summed E-state index contributed by atoms with van der Waals surface area (Å²) in [5.74, 6) is -0.0575. The van der Waals surface area contributed by atoms with Crippen molar-refractivity contribution in [2.75, 3.05) is 26.2 Å². The number of quaternary nitrogens is 1. The number of rotatable bonds is 6. The zero-order chi connectivity index (χ0) is 20.8. The standard InChI is InChI=1S/C24H31N3O2/c1-18(2)22(25-19(3)28)24(29)27-16-14-26(15-17-27)23(20-10-6-4-7-11-20)21-12-8-5-9-13-21/h4-13,18,22-23H,14-17H2,1-3H3,(H,25,28)/p+1/t22-/m1/s1. The van der Waals surface area contributed by atoms with Gasteiger partial charge in [0.05, 0.1) is 26.2 Å². The first-order valence-corrected chi connectivity index (χ1v) is 10.5. The topological polar surface area (TPSA) is 53.9 Å². The van der Waals surface area contributed by atoms with E-state index in [9.17, 15) is 9.59 Å². The molecule has 1 aliphatic rings. The number of hydrogen-bond acceptors (Lipinski definition) is 2. The Morgan fingerprint density at radius 2 is 1.38 bits per heavy atom. The highest BCUT2D eigenvalue weighted by atomic mass is 16.2. The predicted octanol–water partition coefficient (Wildman–Crippen LogP) is 1.66. The van der Waals surface area contributed by atoms with Crippen LogP contribution < -0.4 is 10.2 Å². The van der Waals surface area contributed by atoms with Crippen LogP contribution in [-0.4, -0.2) is 48.9 Å². The third-order valence-electron chi connectivity index (χ3n) is 5.68. The largest absolute Gasteiger partial charge is 0.344 e. The molecule has 5 heteroatoms. The third-order valence-corrected chi connectivity index (χ3v) is 5.68. The molecule has 5 nitrogen and oxygen atoms in total. The van der Waals surface area contributed by atoms with Gasteiger partial charge in [-0.15, -0.1) is 0 Å². The lowest BCUT2D eigenvalue weighted by Gasteiger charge is -2.38. The van der Waals surface area contributed by atoms with Crippen molar-refractivity contribution in [2.24, 2.45) is 5.92 Å². The number of amides is 2. The molecular weight excluding hydrogens is 362 g/mol. The second-order valence-corrected chi connectivity index (χ2v) is 8.16. The monoisotopic (exact) mass is 394 g/mol. The van der Waals surface area contributed by atoms with Gasteiger partial charge in [-0.25, -0.2) is 0 Å². The number of hydrogen-bond donors (Lipinski definition) is 2. The molecule has 2 amide bonds. The second-order valence-electron chi connectivity index (χ2n) is 8.16. The molecule has 0 radical (unpaired) electrons.